The van der Waals surface area contributed by atoms with Gasteiger partial charge in [-0.1, -0.05) is 23.7 Å². The van der Waals surface area contributed by atoms with Crippen molar-refractivity contribution in [1.82, 2.24) is 9.78 Å². The molecule has 7 nitrogen and oxygen atoms in total. The topological polar surface area (TPSA) is 87.3 Å². The fourth-order valence-electron chi connectivity index (χ4n) is 1.76. The molecule has 2 rings (SSSR count). The summed E-state index contributed by atoms with van der Waals surface area (Å²) in [7, 11) is 0. The van der Waals surface area contributed by atoms with Gasteiger partial charge in [0.05, 0.1) is 23.4 Å². The van der Waals surface area contributed by atoms with Crippen LogP contribution in [0.3, 0.4) is 0 Å². The molecule has 0 aliphatic carbocycles. The molecule has 1 heterocycles. The first-order chi connectivity index (χ1) is 9.99. The fraction of sp³-hybridized carbons (Fsp3) is 0.231. The molecule has 0 amide bonds. The molecule has 0 saturated heterocycles. The fourth-order valence-corrected chi connectivity index (χ4v) is 1.98. The molecule has 0 aliphatic rings. The minimum atomic E-state index is -0.648. The predicted octanol–water partition coefficient (Wildman–Crippen LogP) is 2.73. The first-order valence-electron chi connectivity index (χ1n) is 6.09. The Bertz CT molecular complexity index is 684. The maximum Gasteiger partial charge on any atom is 0.408 e. The van der Waals surface area contributed by atoms with Gasteiger partial charge in [0.25, 0.3) is 0 Å². The lowest BCUT2D eigenvalue weighted by Crippen LogP contribution is -2.10. The molecule has 0 N–H and O–H groups in total. The third-order valence-electron chi connectivity index (χ3n) is 2.72. The maximum atomic E-state index is 11.4. The van der Waals surface area contributed by atoms with Gasteiger partial charge >= 0.3 is 5.82 Å². The zero-order valence-corrected chi connectivity index (χ0v) is 11.9. The van der Waals surface area contributed by atoms with Crippen molar-refractivity contribution in [2.24, 2.45) is 0 Å². The van der Waals surface area contributed by atoms with Crippen LogP contribution in [-0.2, 0) is 6.54 Å². The summed E-state index contributed by atoms with van der Waals surface area (Å²) in [5, 5.41) is 14.3. The van der Waals surface area contributed by atoms with Crippen LogP contribution in [0.15, 0.2) is 30.5 Å². The molecule has 0 atom stereocenters. The van der Waals surface area contributed by atoms with E-state index in [1.807, 2.05) is 0 Å². The highest BCUT2D eigenvalue weighted by Gasteiger charge is 2.18. The highest BCUT2D eigenvalue weighted by molar-refractivity contribution is 6.32. The smallest absolute Gasteiger partial charge is 0.408 e. The number of ketones is 1. The minimum Gasteiger partial charge on any atom is -0.491 e. The maximum absolute atomic E-state index is 11.4. The SMILES string of the molecule is CC(=O)c1ccccc1OCCn1cc(Cl)c([N+](=O)[O-])n1. The predicted molar refractivity (Wildman–Crippen MR) is 75.8 cm³/mol. The average Bonchev–Trinajstić information content (AvgIpc) is 2.80. The second kappa shape index (κ2) is 6.36. The van der Waals surface area contributed by atoms with Crippen LogP contribution >= 0.6 is 11.6 Å². The first kappa shape index (κ1) is 15.0. The quantitative estimate of drug-likeness (QED) is 0.465. The van der Waals surface area contributed by atoms with Gasteiger partial charge < -0.3 is 14.9 Å². The summed E-state index contributed by atoms with van der Waals surface area (Å²) >= 11 is 5.69. The molecule has 0 aliphatic heterocycles. The van der Waals surface area contributed by atoms with Gasteiger partial charge in [-0.3, -0.25) is 4.79 Å². The first-order valence-corrected chi connectivity index (χ1v) is 6.47. The summed E-state index contributed by atoms with van der Waals surface area (Å²) in [6.45, 7) is 1.94. The molecular weight excluding hydrogens is 298 g/mol. The van der Waals surface area contributed by atoms with Crippen LogP contribution in [-0.4, -0.2) is 27.1 Å². The number of carbonyl (C=O) groups excluding carboxylic acids is 1. The van der Waals surface area contributed by atoms with Crippen molar-refractivity contribution >= 4 is 23.2 Å². The Morgan fingerprint density at radius 1 is 1.48 bits per heavy atom. The molecule has 0 spiro atoms. The number of Topliss-reactive ketones (excluding diaryl/α,β-unsaturated/α-hetero) is 1. The lowest BCUT2D eigenvalue weighted by molar-refractivity contribution is -0.389. The van der Waals surface area contributed by atoms with E-state index in [0.717, 1.165) is 0 Å². The van der Waals surface area contributed by atoms with Crippen molar-refractivity contribution in [2.45, 2.75) is 13.5 Å². The third-order valence-corrected chi connectivity index (χ3v) is 2.98. The molecule has 0 radical (unpaired) electrons. The number of hydrogen-bond donors (Lipinski definition) is 0. The van der Waals surface area contributed by atoms with Crippen LogP contribution in [0.2, 0.25) is 5.02 Å². The van der Waals surface area contributed by atoms with Crippen LogP contribution in [0.25, 0.3) is 0 Å². The summed E-state index contributed by atoms with van der Waals surface area (Å²) in [5.74, 6) is -0.0121. The summed E-state index contributed by atoms with van der Waals surface area (Å²) < 4.78 is 6.85. The summed E-state index contributed by atoms with van der Waals surface area (Å²) in [6, 6.07) is 6.88. The normalized spacial score (nSPS) is 10.4. The highest BCUT2D eigenvalue weighted by atomic mass is 35.5. The van der Waals surface area contributed by atoms with Crippen LogP contribution in [0.4, 0.5) is 5.82 Å². The van der Waals surface area contributed by atoms with Gasteiger partial charge in [0.2, 0.25) is 0 Å². The number of para-hydroxylation sites is 1. The monoisotopic (exact) mass is 309 g/mol. The summed E-state index contributed by atoms with van der Waals surface area (Å²) in [5.41, 5.74) is 0.488. The number of aromatic nitrogens is 2. The van der Waals surface area contributed by atoms with E-state index in [4.69, 9.17) is 16.3 Å². The number of halogens is 1. The van der Waals surface area contributed by atoms with Crippen LogP contribution < -0.4 is 4.74 Å². The van der Waals surface area contributed by atoms with E-state index in [9.17, 15) is 14.9 Å². The van der Waals surface area contributed by atoms with Crippen LogP contribution in [0.5, 0.6) is 5.75 Å². The van der Waals surface area contributed by atoms with Crippen molar-refractivity contribution in [3.05, 3.63) is 51.2 Å². The molecule has 0 fully saturated rings. The Balaban J connectivity index is 2.00. The van der Waals surface area contributed by atoms with Crippen molar-refractivity contribution in [3.8, 4) is 5.75 Å². The number of benzene rings is 1. The van der Waals surface area contributed by atoms with E-state index < -0.39 is 4.92 Å². The zero-order valence-electron chi connectivity index (χ0n) is 11.2. The molecule has 0 bridgehead atoms. The largest absolute Gasteiger partial charge is 0.491 e. The van der Waals surface area contributed by atoms with Crippen molar-refractivity contribution in [2.75, 3.05) is 6.61 Å². The third kappa shape index (κ3) is 3.57. The average molecular weight is 310 g/mol. The van der Waals surface area contributed by atoms with Gasteiger partial charge in [0.15, 0.2) is 10.8 Å². The van der Waals surface area contributed by atoms with Crippen molar-refractivity contribution in [3.63, 3.8) is 0 Å². The molecule has 1 aromatic carbocycles. The number of nitro groups is 1. The Morgan fingerprint density at radius 3 is 2.81 bits per heavy atom. The van der Waals surface area contributed by atoms with E-state index in [1.165, 1.54) is 17.8 Å². The van der Waals surface area contributed by atoms with Gasteiger partial charge in [-0.2, -0.15) is 4.68 Å². The number of carbonyl (C=O) groups is 1. The molecule has 1 aromatic heterocycles. The van der Waals surface area contributed by atoms with Gasteiger partial charge in [-0.05, 0) is 24.0 Å². The molecule has 0 saturated carbocycles. The highest BCUT2D eigenvalue weighted by Crippen LogP contribution is 2.21. The van der Waals surface area contributed by atoms with Gasteiger partial charge in [0.1, 0.15) is 12.4 Å². The zero-order chi connectivity index (χ0) is 15.4. The molecule has 21 heavy (non-hydrogen) atoms. The van der Waals surface area contributed by atoms with Gasteiger partial charge in [-0.25, -0.2) is 0 Å². The molecular formula is C13H12ClN3O4. The number of hydrogen-bond acceptors (Lipinski definition) is 5. The second-order valence-electron chi connectivity index (χ2n) is 4.22. The van der Waals surface area contributed by atoms with Crippen LogP contribution in [0, 0.1) is 10.1 Å². The van der Waals surface area contributed by atoms with Gasteiger partial charge in [-0.15, -0.1) is 0 Å². The molecule has 110 valence electrons. The van der Waals surface area contributed by atoms with E-state index in [-0.39, 0.29) is 29.8 Å². The summed E-state index contributed by atoms with van der Waals surface area (Å²) in [6.07, 6.45) is 1.36. The van der Waals surface area contributed by atoms with E-state index in [2.05, 4.69) is 5.10 Å². The van der Waals surface area contributed by atoms with E-state index in [0.29, 0.717) is 11.3 Å². The second-order valence-corrected chi connectivity index (χ2v) is 4.63. The Labute approximate surface area is 125 Å². The molecule has 0 unspecified atom stereocenters. The Kier molecular flexibility index (Phi) is 4.54. The number of rotatable bonds is 6. The van der Waals surface area contributed by atoms with E-state index >= 15 is 0 Å². The van der Waals surface area contributed by atoms with Crippen molar-refractivity contribution in [1.29, 1.82) is 0 Å². The lowest BCUT2D eigenvalue weighted by Gasteiger charge is -2.08. The lowest BCUT2D eigenvalue weighted by atomic mass is 10.1. The Morgan fingerprint density at radius 2 is 2.19 bits per heavy atom. The Hall–Kier alpha value is -2.41. The van der Waals surface area contributed by atoms with Crippen molar-refractivity contribution < 1.29 is 14.5 Å². The van der Waals surface area contributed by atoms with Crippen LogP contribution in [0.1, 0.15) is 17.3 Å². The number of nitrogens with zero attached hydrogens (tertiary/aromatic N) is 3. The number of ether oxygens (including phenoxy) is 1. The van der Waals surface area contributed by atoms with E-state index in [1.54, 1.807) is 24.3 Å². The molecule has 2 aromatic rings. The van der Waals surface area contributed by atoms with Gasteiger partial charge in [0, 0.05) is 0 Å². The minimum absolute atomic E-state index is 0.0239. The standard InChI is InChI=1S/C13H12ClN3O4/c1-9(18)10-4-2-3-5-12(10)21-7-6-16-8-11(14)13(15-16)17(19)20/h2-5,8H,6-7H2,1H3. The molecule has 8 heteroatoms. The summed E-state index contributed by atoms with van der Waals surface area (Å²) in [4.78, 5) is 21.4.